The van der Waals surface area contributed by atoms with Gasteiger partial charge in [-0.15, -0.1) is 11.3 Å². The van der Waals surface area contributed by atoms with Crippen LogP contribution >= 0.6 is 11.3 Å². The van der Waals surface area contributed by atoms with E-state index in [0.29, 0.717) is 18.1 Å². The van der Waals surface area contributed by atoms with Crippen LogP contribution in [0.3, 0.4) is 0 Å². The van der Waals surface area contributed by atoms with Crippen molar-refractivity contribution in [1.82, 2.24) is 5.32 Å². The Bertz CT molecular complexity index is 299. The average Bonchev–Trinajstić information content (AvgIpc) is 2.91. The molecular weight excluding hydrogens is 218 g/mol. The normalized spacial score (nSPS) is 27.1. The standard InChI is InChI=1S/C13H21NOS/c1-3-6-14-13(12-5-4-7-16-12)11-8-10(2)15-9-11/h4-5,7,10-11,13-14H,3,6,8-9H2,1-2H3. The van der Waals surface area contributed by atoms with Crippen molar-refractivity contribution in [3.05, 3.63) is 22.4 Å². The lowest BCUT2D eigenvalue weighted by atomic mass is 9.95. The van der Waals surface area contributed by atoms with Crippen molar-refractivity contribution in [3.63, 3.8) is 0 Å². The molecule has 0 radical (unpaired) electrons. The summed E-state index contributed by atoms with van der Waals surface area (Å²) in [5.41, 5.74) is 0. The predicted octanol–water partition coefficient (Wildman–Crippen LogP) is 3.21. The van der Waals surface area contributed by atoms with Crippen LogP contribution in [0.5, 0.6) is 0 Å². The zero-order chi connectivity index (χ0) is 11.4. The molecule has 2 nitrogen and oxygen atoms in total. The molecule has 1 aliphatic rings. The number of nitrogens with one attached hydrogen (secondary N) is 1. The summed E-state index contributed by atoms with van der Waals surface area (Å²) in [6, 6.07) is 4.87. The lowest BCUT2D eigenvalue weighted by molar-refractivity contribution is 0.117. The Hall–Kier alpha value is -0.380. The summed E-state index contributed by atoms with van der Waals surface area (Å²) in [6.07, 6.45) is 2.79. The minimum atomic E-state index is 0.427. The van der Waals surface area contributed by atoms with Gasteiger partial charge in [0.15, 0.2) is 0 Å². The molecule has 1 saturated heterocycles. The first kappa shape index (κ1) is 12.1. The largest absolute Gasteiger partial charge is 0.378 e. The van der Waals surface area contributed by atoms with E-state index in [0.717, 1.165) is 13.2 Å². The third-order valence-corrected chi connectivity index (χ3v) is 4.12. The fourth-order valence-electron chi connectivity index (χ4n) is 2.35. The summed E-state index contributed by atoms with van der Waals surface area (Å²) < 4.78 is 5.69. The van der Waals surface area contributed by atoms with Gasteiger partial charge in [0.2, 0.25) is 0 Å². The van der Waals surface area contributed by atoms with Crippen LogP contribution in [0.4, 0.5) is 0 Å². The van der Waals surface area contributed by atoms with E-state index < -0.39 is 0 Å². The first-order valence-corrected chi connectivity index (χ1v) is 7.07. The van der Waals surface area contributed by atoms with E-state index in [2.05, 4.69) is 36.7 Å². The molecule has 0 spiro atoms. The minimum Gasteiger partial charge on any atom is -0.378 e. The summed E-state index contributed by atoms with van der Waals surface area (Å²) in [4.78, 5) is 1.45. The van der Waals surface area contributed by atoms with Crippen molar-refractivity contribution in [2.24, 2.45) is 5.92 Å². The molecule has 3 heteroatoms. The maximum absolute atomic E-state index is 5.69. The van der Waals surface area contributed by atoms with Crippen LogP contribution in [0.1, 0.15) is 37.6 Å². The summed E-state index contributed by atoms with van der Waals surface area (Å²) >= 11 is 1.85. The molecule has 3 unspecified atom stereocenters. The van der Waals surface area contributed by atoms with Crippen molar-refractivity contribution in [3.8, 4) is 0 Å². The molecule has 1 N–H and O–H groups in total. The Morgan fingerprint density at radius 1 is 1.62 bits per heavy atom. The lowest BCUT2D eigenvalue weighted by Crippen LogP contribution is -2.28. The lowest BCUT2D eigenvalue weighted by Gasteiger charge is -2.22. The smallest absolute Gasteiger partial charge is 0.0551 e. The number of rotatable bonds is 5. The molecule has 0 amide bonds. The third kappa shape index (κ3) is 2.84. The van der Waals surface area contributed by atoms with Crippen LogP contribution in [-0.2, 0) is 4.74 Å². The van der Waals surface area contributed by atoms with Crippen molar-refractivity contribution in [1.29, 1.82) is 0 Å². The second-order valence-corrected chi connectivity index (χ2v) is 5.57. The molecule has 16 heavy (non-hydrogen) atoms. The second kappa shape index (κ2) is 5.80. The van der Waals surface area contributed by atoms with Gasteiger partial charge in [0.25, 0.3) is 0 Å². The van der Waals surface area contributed by atoms with Crippen LogP contribution in [0.2, 0.25) is 0 Å². The predicted molar refractivity (Wildman–Crippen MR) is 68.9 cm³/mol. The zero-order valence-corrected chi connectivity index (χ0v) is 10.9. The molecule has 0 saturated carbocycles. The van der Waals surface area contributed by atoms with E-state index in [1.807, 2.05) is 11.3 Å². The van der Waals surface area contributed by atoms with Crippen molar-refractivity contribution in [2.45, 2.75) is 38.8 Å². The van der Waals surface area contributed by atoms with Gasteiger partial charge in [-0.05, 0) is 37.8 Å². The summed E-state index contributed by atoms with van der Waals surface area (Å²) in [6.45, 7) is 6.38. The van der Waals surface area contributed by atoms with Crippen molar-refractivity contribution in [2.75, 3.05) is 13.2 Å². The van der Waals surface area contributed by atoms with Crippen LogP contribution < -0.4 is 5.32 Å². The fraction of sp³-hybridized carbons (Fsp3) is 0.692. The van der Waals surface area contributed by atoms with E-state index in [4.69, 9.17) is 4.74 Å². The van der Waals surface area contributed by atoms with Gasteiger partial charge >= 0.3 is 0 Å². The Morgan fingerprint density at radius 2 is 2.50 bits per heavy atom. The van der Waals surface area contributed by atoms with E-state index in [9.17, 15) is 0 Å². The van der Waals surface area contributed by atoms with Gasteiger partial charge in [-0.3, -0.25) is 0 Å². The highest BCUT2D eigenvalue weighted by molar-refractivity contribution is 7.10. The molecule has 90 valence electrons. The Labute approximate surface area is 102 Å². The van der Waals surface area contributed by atoms with Crippen LogP contribution in [0.25, 0.3) is 0 Å². The molecule has 0 aromatic carbocycles. The van der Waals surface area contributed by atoms with Crippen molar-refractivity contribution >= 4 is 11.3 Å². The molecule has 3 atom stereocenters. The van der Waals surface area contributed by atoms with E-state index in [-0.39, 0.29) is 0 Å². The maximum atomic E-state index is 5.69. The summed E-state index contributed by atoms with van der Waals surface area (Å²) in [5, 5.41) is 5.83. The molecule has 0 aliphatic carbocycles. The fourth-order valence-corrected chi connectivity index (χ4v) is 3.24. The van der Waals surface area contributed by atoms with Crippen LogP contribution in [-0.4, -0.2) is 19.3 Å². The van der Waals surface area contributed by atoms with Gasteiger partial charge in [-0.1, -0.05) is 13.0 Å². The number of thiophene rings is 1. The van der Waals surface area contributed by atoms with Crippen LogP contribution in [0.15, 0.2) is 17.5 Å². The van der Waals surface area contributed by atoms with Gasteiger partial charge in [0, 0.05) is 16.8 Å². The second-order valence-electron chi connectivity index (χ2n) is 4.59. The molecule has 1 aliphatic heterocycles. The number of ether oxygens (including phenoxy) is 1. The topological polar surface area (TPSA) is 21.3 Å². The molecule has 2 rings (SSSR count). The SMILES string of the molecule is CCCNC(c1cccs1)C1COC(C)C1. The molecule has 1 fully saturated rings. The minimum absolute atomic E-state index is 0.427. The van der Waals surface area contributed by atoms with Gasteiger partial charge in [0.05, 0.1) is 12.7 Å². The Kier molecular flexibility index (Phi) is 4.38. The number of hydrogen-bond acceptors (Lipinski definition) is 3. The highest BCUT2D eigenvalue weighted by Crippen LogP contribution is 2.33. The van der Waals surface area contributed by atoms with E-state index in [1.165, 1.54) is 17.7 Å². The van der Waals surface area contributed by atoms with Gasteiger partial charge < -0.3 is 10.1 Å². The maximum Gasteiger partial charge on any atom is 0.0551 e. The molecule has 1 aromatic rings. The highest BCUT2D eigenvalue weighted by Gasteiger charge is 2.30. The molecule has 2 heterocycles. The van der Waals surface area contributed by atoms with Gasteiger partial charge in [0.1, 0.15) is 0 Å². The van der Waals surface area contributed by atoms with E-state index >= 15 is 0 Å². The first-order chi connectivity index (χ1) is 7.81. The average molecular weight is 239 g/mol. The molecule has 0 bridgehead atoms. The van der Waals surface area contributed by atoms with Crippen molar-refractivity contribution < 1.29 is 4.74 Å². The van der Waals surface area contributed by atoms with Crippen LogP contribution in [0, 0.1) is 5.92 Å². The monoisotopic (exact) mass is 239 g/mol. The molecule has 1 aromatic heterocycles. The first-order valence-electron chi connectivity index (χ1n) is 6.19. The van der Waals surface area contributed by atoms with E-state index in [1.54, 1.807) is 0 Å². The zero-order valence-electron chi connectivity index (χ0n) is 10.1. The summed E-state index contributed by atoms with van der Waals surface area (Å²) in [7, 11) is 0. The molecular formula is C13H21NOS. The van der Waals surface area contributed by atoms with Gasteiger partial charge in [-0.25, -0.2) is 0 Å². The summed E-state index contributed by atoms with van der Waals surface area (Å²) in [5.74, 6) is 0.639. The Balaban J connectivity index is 2.02. The van der Waals surface area contributed by atoms with Gasteiger partial charge in [-0.2, -0.15) is 0 Å². The third-order valence-electron chi connectivity index (χ3n) is 3.16. The highest BCUT2D eigenvalue weighted by atomic mass is 32.1. The Morgan fingerprint density at radius 3 is 3.06 bits per heavy atom. The number of hydrogen-bond donors (Lipinski definition) is 1. The quantitative estimate of drug-likeness (QED) is 0.852.